The summed E-state index contributed by atoms with van der Waals surface area (Å²) in [6, 6.07) is 2.73. The normalized spacial score (nSPS) is 17.6. The van der Waals surface area contributed by atoms with Gasteiger partial charge in [0, 0.05) is 11.6 Å². The summed E-state index contributed by atoms with van der Waals surface area (Å²) < 4.78 is 31.5. The van der Waals surface area contributed by atoms with E-state index in [1.54, 1.807) is 0 Å². The SMILES string of the molecule is NC(C1=CCCCO1)c1ccc(F)cc1F. The molecule has 2 nitrogen and oxygen atoms in total. The van der Waals surface area contributed by atoms with Crippen LogP contribution in [-0.4, -0.2) is 6.61 Å². The third kappa shape index (κ3) is 2.22. The molecule has 2 N–H and O–H groups in total. The van der Waals surface area contributed by atoms with Crippen molar-refractivity contribution in [3.8, 4) is 0 Å². The number of benzene rings is 1. The summed E-state index contributed by atoms with van der Waals surface area (Å²) in [5.41, 5.74) is 6.12. The first-order valence-electron chi connectivity index (χ1n) is 5.22. The lowest BCUT2D eigenvalue weighted by molar-refractivity contribution is 0.175. The van der Waals surface area contributed by atoms with E-state index in [9.17, 15) is 8.78 Å². The predicted molar refractivity (Wildman–Crippen MR) is 56.6 cm³/mol. The Morgan fingerprint density at radius 1 is 1.31 bits per heavy atom. The maximum Gasteiger partial charge on any atom is 0.131 e. The topological polar surface area (TPSA) is 35.2 Å². The van der Waals surface area contributed by atoms with Crippen LogP contribution in [-0.2, 0) is 4.74 Å². The Bertz CT molecular complexity index is 417. The average Bonchev–Trinajstić information content (AvgIpc) is 2.29. The van der Waals surface area contributed by atoms with Crippen LogP contribution in [0.5, 0.6) is 0 Å². The number of nitrogens with two attached hydrogens (primary N) is 1. The third-order valence-electron chi connectivity index (χ3n) is 2.57. The molecular weight excluding hydrogens is 212 g/mol. The largest absolute Gasteiger partial charge is 0.496 e. The van der Waals surface area contributed by atoms with Gasteiger partial charge in [0.25, 0.3) is 0 Å². The van der Waals surface area contributed by atoms with Crippen molar-refractivity contribution in [3.05, 3.63) is 47.2 Å². The van der Waals surface area contributed by atoms with E-state index in [1.807, 2.05) is 6.08 Å². The zero-order valence-corrected chi connectivity index (χ0v) is 8.75. The molecule has 86 valence electrons. The van der Waals surface area contributed by atoms with E-state index >= 15 is 0 Å². The lowest BCUT2D eigenvalue weighted by Gasteiger charge is -2.21. The smallest absolute Gasteiger partial charge is 0.131 e. The summed E-state index contributed by atoms with van der Waals surface area (Å²) in [5, 5.41) is 0. The van der Waals surface area contributed by atoms with Crippen LogP contribution in [0.2, 0.25) is 0 Å². The summed E-state index contributed by atoms with van der Waals surface area (Å²) in [5.74, 6) is -0.675. The Morgan fingerprint density at radius 2 is 2.12 bits per heavy atom. The quantitative estimate of drug-likeness (QED) is 0.839. The summed E-state index contributed by atoms with van der Waals surface area (Å²) in [6.45, 7) is 0.600. The highest BCUT2D eigenvalue weighted by Gasteiger charge is 2.19. The molecule has 1 unspecified atom stereocenters. The molecule has 0 spiro atoms. The van der Waals surface area contributed by atoms with Crippen LogP contribution in [0.15, 0.2) is 30.0 Å². The molecule has 0 aliphatic carbocycles. The Hall–Kier alpha value is -1.42. The second kappa shape index (κ2) is 4.61. The Kier molecular flexibility index (Phi) is 3.19. The molecule has 0 aromatic heterocycles. The van der Waals surface area contributed by atoms with Crippen molar-refractivity contribution in [2.24, 2.45) is 5.73 Å². The molecule has 0 saturated carbocycles. The van der Waals surface area contributed by atoms with Crippen molar-refractivity contribution >= 4 is 0 Å². The van der Waals surface area contributed by atoms with Crippen molar-refractivity contribution in [3.63, 3.8) is 0 Å². The van der Waals surface area contributed by atoms with Gasteiger partial charge in [0.1, 0.15) is 17.4 Å². The summed E-state index contributed by atoms with van der Waals surface area (Å²) in [4.78, 5) is 0. The van der Waals surface area contributed by atoms with Crippen LogP contribution in [0.25, 0.3) is 0 Å². The fraction of sp³-hybridized carbons (Fsp3) is 0.333. The lowest BCUT2D eigenvalue weighted by atomic mass is 10.0. The van der Waals surface area contributed by atoms with Gasteiger partial charge in [-0.15, -0.1) is 0 Å². The van der Waals surface area contributed by atoms with E-state index in [0.717, 1.165) is 18.9 Å². The molecule has 0 bridgehead atoms. The van der Waals surface area contributed by atoms with Crippen molar-refractivity contribution in [2.45, 2.75) is 18.9 Å². The molecule has 1 atom stereocenters. The Morgan fingerprint density at radius 3 is 2.75 bits per heavy atom. The maximum absolute atomic E-state index is 13.5. The van der Waals surface area contributed by atoms with Crippen LogP contribution < -0.4 is 5.73 Å². The molecular formula is C12H13F2NO. The van der Waals surface area contributed by atoms with Crippen molar-refractivity contribution < 1.29 is 13.5 Å². The van der Waals surface area contributed by atoms with Crippen LogP contribution >= 0.6 is 0 Å². The zero-order chi connectivity index (χ0) is 11.5. The van der Waals surface area contributed by atoms with Gasteiger partial charge in [-0.25, -0.2) is 8.78 Å². The molecule has 1 aliphatic rings. The fourth-order valence-corrected chi connectivity index (χ4v) is 1.70. The van der Waals surface area contributed by atoms with E-state index < -0.39 is 17.7 Å². The molecule has 1 aromatic carbocycles. The van der Waals surface area contributed by atoms with Gasteiger partial charge in [-0.2, -0.15) is 0 Å². The van der Waals surface area contributed by atoms with Gasteiger partial charge >= 0.3 is 0 Å². The average molecular weight is 225 g/mol. The van der Waals surface area contributed by atoms with Gasteiger partial charge in [-0.1, -0.05) is 6.07 Å². The highest BCUT2D eigenvalue weighted by atomic mass is 19.1. The molecule has 0 amide bonds. The van der Waals surface area contributed by atoms with Gasteiger partial charge in [0.05, 0.1) is 12.6 Å². The van der Waals surface area contributed by atoms with E-state index in [2.05, 4.69) is 0 Å². The highest BCUT2D eigenvalue weighted by Crippen LogP contribution is 2.25. The first-order chi connectivity index (χ1) is 7.68. The Labute approximate surface area is 92.7 Å². The molecule has 1 aliphatic heterocycles. The minimum atomic E-state index is -0.652. The maximum atomic E-state index is 13.5. The number of ether oxygens (including phenoxy) is 1. The number of halogens is 2. The number of hydrogen-bond donors (Lipinski definition) is 1. The summed E-state index contributed by atoms with van der Waals surface area (Å²) in [7, 11) is 0. The minimum absolute atomic E-state index is 0.259. The summed E-state index contributed by atoms with van der Waals surface area (Å²) >= 11 is 0. The third-order valence-corrected chi connectivity index (χ3v) is 2.57. The summed E-state index contributed by atoms with van der Waals surface area (Å²) in [6.07, 6.45) is 3.69. The molecule has 0 saturated heterocycles. The zero-order valence-electron chi connectivity index (χ0n) is 8.75. The lowest BCUT2D eigenvalue weighted by Crippen LogP contribution is -2.19. The Balaban J connectivity index is 2.26. The van der Waals surface area contributed by atoms with Crippen LogP contribution in [0.3, 0.4) is 0 Å². The fourth-order valence-electron chi connectivity index (χ4n) is 1.70. The first-order valence-corrected chi connectivity index (χ1v) is 5.22. The molecule has 0 fully saturated rings. The van der Waals surface area contributed by atoms with Crippen LogP contribution in [0, 0.1) is 11.6 Å². The monoisotopic (exact) mass is 225 g/mol. The van der Waals surface area contributed by atoms with E-state index in [0.29, 0.717) is 12.4 Å². The minimum Gasteiger partial charge on any atom is -0.496 e. The molecule has 4 heteroatoms. The standard InChI is InChI=1S/C12H13F2NO/c13-8-4-5-9(10(14)7-8)12(15)11-3-1-2-6-16-11/h3-5,7,12H,1-2,6,15H2. The second-order valence-corrected chi connectivity index (χ2v) is 3.74. The van der Waals surface area contributed by atoms with Crippen LogP contribution in [0.1, 0.15) is 24.4 Å². The van der Waals surface area contributed by atoms with Crippen molar-refractivity contribution in [2.75, 3.05) is 6.61 Å². The molecule has 16 heavy (non-hydrogen) atoms. The van der Waals surface area contributed by atoms with Crippen LogP contribution in [0.4, 0.5) is 8.78 Å². The van der Waals surface area contributed by atoms with E-state index in [4.69, 9.17) is 10.5 Å². The van der Waals surface area contributed by atoms with Crippen molar-refractivity contribution in [1.82, 2.24) is 0 Å². The van der Waals surface area contributed by atoms with Crippen molar-refractivity contribution in [1.29, 1.82) is 0 Å². The molecule has 2 rings (SSSR count). The first kappa shape index (κ1) is 11.1. The highest BCUT2D eigenvalue weighted by molar-refractivity contribution is 5.27. The molecule has 1 heterocycles. The van der Waals surface area contributed by atoms with Gasteiger partial charge in [0.2, 0.25) is 0 Å². The van der Waals surface area contributed by atoms with Gasteiger partial charge < -0.3 is 10.5 Å². The molecule has 1 aromatic rings. The van der Waals surface area contributed by atoms with Gasteiger partial charge in [-0.05, 0) is 25.0 Å². The van der Waals surface area contributed by atoms with E-state index in [1.165, 1.54) is 12.1 Å². The second-order valence-electron chi connectivity index (χ2n) is 3.74. The molecule has 0 radical (unpaired) electrons. The number of hydrogen-bond acceptors (Lipinski definition) is 2. The predicted octanol–water partition coefficient (Wildman–Crippen LogP) is 2.66. The van der Waals surface area contributed by atoms with Gasteiger partial charge in [-0.3, -0.25) is 0 Å². The number of rotatable bonds is 2. The number of allylic oxidation sites excluding steroid dienone is 1. The van der Waals surface area contributed by atoms with E-state index in [-0.39, 0.29) is 5.56 Å². The van der Waals surface area contributed by atoms with Gasteiger partial charge in [0.15, 0.2) is 0 Å².